The van der Waals surface area contributed by atoms with Crippen LogP contribution in [0, 0.1) is 5.92 Å². The van der Waals surface area contributed by atoms with Gasteiger partial charge in [0.1, 0.15) is 0 Å². The largest absolute Gasteiger partial charge is 0.354 e. The molecule has 1 atom stereocenters. The van der Waals surface area contributed by atoms with Crippen LogP contribution < -0.4 is 16.0 Å². The third-order valence-electron chi connectivity index (χ3n) is 3.40. The van der Waals surface area contributed by atoms with Crippen molar-refractivity contribution in [2.45, 2.75) is 45.6 Å². The van der Waals surface area contributed by atoms with Gasteiger partial charge in [-0.25, -0.2) is 0 Å². The molecule has 0 aromatic carbocycles. The van der Waals surface area contributed by atoms with E-state index in [1.165, 1.54) is 0 Å². The zero-order valence-electron chi connectivity index (χ0n) is 11.6. The maximum atomic E-state index is 12.1. The molecule has 0 aromatic rings. The Kier molecular flexibility index (Phi) is 5.59. The van der Waals surface area contributed by atoms with E-state index < -0.39 is 5.54 Å². The standard InChI is InChI=1S/C13H25N3O2/c1-4-13(6-5-7-16-13)12(18)15-9-11(17)14-8-10(2)3/h10,16H,4-9H2,1-3H3,(H,14,17)(H,15,18). The number of hydrogen-bond donors (Lipinski definition) is 3. The molecule has 0 saturated carbocycles. The van der Waals surface area contributed by atoms with Crippen LogP contribution in [0.2, 0.25) is 0 Å². The molecule has 1 aliphatic heterocycles. The molecule has 104 valence electrons. The van der Waals surface area contributed by atoms with Crippen LogP contribution in [0.5, 0.6) is 0 Å². The third-order valence-corrected chi connectivity index (χ3v) is 3.40. The molecule has 1 aliphatic rings. The fraction of sp³-hybridized carbons (Fsp3) is 0.846. The minimum absolute atomic E-state index is 0.0535. The van der Waals surface area contributed by atoms with E-state index in [0.717, 1.165) is 25.8 Å². The van der Waals surface area contributed by atoms with Crippen molar-refractivity contribution in [3.05, 3.63) is 0 Å². The van der Waals surface area contributed by atoms with Crippen LogP contribution in [0.3, 0.4) is 0 Å². The Labute approximate surface area is 109 Å². The van der Waals surface area contributed by atoms with Gasteiger partial charge in [-0.1, -0.05) is 20.8 Å². The van der Waals surface area contributed by atoms with Crippen molar-refractivity contribution in [3.63, 3.8) is 0 Å². The highest BCUT2D eigenvalue weighted by molar-refractivity contribution is 5.90. The quantitative estimate of drug-likeness (QED) is 0.644. The summed E-state index contributed by atoms with van der Waals surface area (Å²) in [5, 5.41) is 8.76. The van der Waals surface area contributed by atoms with Gasteiger partial charge in [-0.15, -0.1) is 0 Å². The summed E-state index contributed by atoms with van der Waals surface area (Å²) in [6.45, 7) is 7.65. The maximum absolute atomic E-state index is 12.1. The number of carbonyl (C=O) groups excluding carboxylic acids is 2. The summed E-state index contributed by atoms with van der Waals surface area (Å²) < 4.78 is 0. The highest BCUT2D eigenvalue weighted by atomic mass is 16.2. The van der Waals surface area contributed by atoms with Crippen molar-refractivity contribution in [1.29, 1.82) is 0 Å². The molecule has 1 saturated heterocycles. The predicted molar refractivity (Wildman–Crippen MR) is 71.1 cm³/mol. The summed E-state index contributed by atoms with van der Waals surface area (Å²) in [6.07, 6.45) is 2.62. The number of hydrogen-bond acceptors (Lipinski definition) is 3. The van der Waals surface area contributed by atoms with Gasteiger partial charge in [0.25, 0.3) is 0 Å². The molecular formula is C13H25N3O2. The van der Waals surface area contributed by atoms with E-state index in [0.29, 0.717) is 12.5 Å². The molecule has 1 heterocycles. The van der Waals surface area contributed by atoms with Gasteiger partial charge in [0.05, 0.1) is 12.1 Å². The van der Waals surface area contributed by atoms with Gasteiger partial charge in [0, 0.05) is 6.54 Å². The summed E-state index contributed by atoms with van der Waals surface area (Å²) in [6, 6.07) is 0. The molecule has 3 N–H and O–H groups in total. The van der Waals surface area contributed by atoms with Crippen LogP contribution in [0.1, 0.15) is 40.0 Å². The fourth-order valence-electron chi connectivity index (χ4n) is 2.17. The first-order valence-corrected chi connectivity index (χ1v) is 6.80. The van der Waals surface area contributed by atoms with Crippen molar-refractivity contribution in [2.75, 3.05) is 19.6 Å². The zero-order chi connectivity index (χ0) is 13.6. The highest BCUT2D eigenvalue weighted by Gasteiger charge is 2.38. The van der Waals surface area contributed by atoms with Gasteiger partial charge in [-0.2, -0.15) is 0 Å². The molecule has 1 fully saturated rings. The molecule has 1 rings (SSSR count). The average molecular weight is 255 g/mol. The van der Waals surface area contributed by atoms with Crippen molar-refractivity contribution < 1.29 is 9.59 Å². The van der Waals surface area contributed by atoms with Gasteiger partial charge in [-0.05, 0) is 31.7 Å². The maximum Gasteiger partial charge on any atom is 0.240 e. The normalized spacial score (nSPS) is 23.1. The summed E-state index contributed by atoms with van der Waals surface area (Å²) >= 11 is 0. The van der Waals surface area contributed by atoms with E-state index in [9.17, 15) is 9.59 Å². The lowest BCUT2D eigenvalue weighted by Gasteiger charge is -2.26. The minimum atomic E-state index is -0.460. The second-order valence-electron chi connectivity index (χ2n) is 5.35. The Morgan fingerprint density at radius 3 is 2.56 bits per heavy atom. The Morgan fingerprint density at radius 2 is 2.06 bits per heavy atom. The Balaban J connectivity index is 2.34. The topological polar surface area (TPSA) is 70.2 Å². The van der Waals surface area contributed by atoms with E-state index in [1.807, 2.05) is 20.8 Å². The minimum Gasteiger partial charge on any atom is -0.354 e. The first kappa shape index (κ1) is 15.0. The van der Waals surface area contributed by atoms with Gasteiger partial charge in [0.15, 0.2) is 0 Å². The number of rotatable bonds is 6. The zero-order valence-corrected chi connectivity index (χ0v) is 11.6. The Hall–Kier alpha value is -1.10. The van der Waals surface area contributed by atoms with E-state index in [1.54, 1.807) is 0 Å². The lowest BCUT2D eigenvalue weighted by atomic mass is 9.93. The van der Waals surface area contributed by atoms with E-state index in [-0.39, 0.29) is 18.4 Å². The fourth-order valence-corrected chi connectivity index (χ4v) is 2.17. The first-order valence-electron chi connectivity index (χ1n) is 6.80. The van der Waals surface area contributed by atoms with E-state index >= 15 is 0 Å². The number of carbonyl (C=O) groups is 2. The molecule has 1 unspecified atom stereocenters. The molecule has 0 bridgehead atoms. The van der Waals surface area contributed by atoms with Crippen molar-refractivity contribution in [2.24, 2.45) is 5.92 Å². The lowest BCUT2D eigenvalue weighted by molar-refractivity contribution is -0.130. The first-order chi connectivity index (χ1) is 8.50. The predicted octanol–water partition coefficient (Wildman–Crippen LogP) is 0.407. The van der Waals surface area contributed by atoms with Crippen LogP contribution in [0.15, 0.2) is 0 Å². The summed E-state index contributed by atoms with van der Waals surface area (Å²) in [5.74, 6) is 0.242. The van der Waals surface area contributed by atoms with Crippen molar-refractivity contribution >= 4 is 11.8 Å². The Morgan fingerprint density at radius 1 is 1.33 bits per heavy atom. The molecule has 2 amide bonds. The summed E-state index contributed by atoms with van der Waals surface area (Å²) in [7, 11) is 0. The van der Waals surface area contributed by atoms with E-state index in [2.05, 4.69) is 16.0 Å². The molecule has 0 spiro atoms. The lowest BCUT2D eigenvalue weighted by Crippen LogP contribution is -2.54. The smallest absolute Gasteiger partial charge is 0.240 e. The SMILES string of the molecule is CCC1(C(=O)NCC(=O)NCC(C)C)CCCN1. The summed E-state index contributed by atoms with van der Waals surface area (Å²) in [5.41, 5.74) is -0.460. The third kappa shape index (κ3) is 3.98. The van der Waals surface area contributed by atoms with Gasteiger partial charge in [0.2, 0.25) is 11.8 Å². The van der Waals surface area contributed by atoms with Crippen molar-refractivity contribution in [1.82, 2.24) is 16.0 Å². The van der Waals surface area contributed by atoms with Gasteiger partial charge >= 0.3 is 0 Å². The highest BCUT2D eigenvalue weighted by Crippen LogP contribution is 2.22. The monoisotopic (exact) mass is 255 g/mol. The molecule has 5 heteroatoms. The van der Waals surface area contributed by atoms with Crippen molar-refractivity contribution in [3.8, 4) is 0 Å². The molecule has 0 aromatic heterocycles. The average Bonchev–Trinajstić information content (AvgIpc) is 2.83. The van der Waals surface area contributed by atoms with E-state index in [4.69, 9.17) is 0 Å². The second kappa shape index (κ2) is 6.73. The second-order valence-corrected chi connectivity index (χ2v) is 5.35. The molecule has 0 radical (unpaired) electrons. The number of nitrogens with one attached hydrogen (secondary N) is 3. The van der Waals surface area contributed by atoms with Gasteiger partial charge < -0.3 is 16.0 Å². The van der Waals surface area contributed by atoms with Crippen LogP contribution in [0.25, 0.3) is 0 Å². The van der Waals surface area contributed by atoms with Crippen LogP contribution in [-0.4, -0.2) is 37.0 Å². The van der Waals surface area contributed by atoms with Crippen LogP contribution >= 0.6 is 0 Å². The van der Waals surface area contributed by atoms with Crippen LogP contribution in [-0.2, 0) is 9.59 Å². The molecule has 5 nitrogen and oxygen atoms in total. The van der Waals surface area contributed by atoms with Crippen LogP contribution in [0.4, 0.5) is 0 Å². The van der Waals surface area contributed by atoms with Gasteiger partial charge in [-0.3, -0.25) is 9.59 Å². The Bertz CT molecular complexity index is 297. The summed E-state index contributed by atoms with van der Waals surface area (Å²) in [4.78, 5) is 23.6. The number of amides is 2. The molecule has 0 aliphatic carbocycles. The molecule has 18 heavy (non-hydrogen) atoms. The molecular weight excluding hydrogens is 230 g/mol.